The summed E-state index contributed by atoms with van der Waals surface area (Å²) in [6, 6.07) is 22.6. The third-order valence-electron chi connectivity index (χ3n) is 4.72. The molecule has 0 saturated carbocycles. The lowest BCUT2D eigenvalue weighted by molar-refractivity contribution is -0.113. The van der Waals surface area contributed by atoms with Crippen LogP contribution in [0.3, 0.4) is 0 Å². The summed E-state index contributed by atoms with van der Waals surface area (Å²) in [5.41, 5.74) is 1.47. The van der Waals surface area contributed by atoms with E-state index in [2.05, 4.69) is 15.3 Å². The van der Waals surface area contributed by atoms with Crippen LogP contribution in [0.15, 0.2) is 77.8 Å². The van der Waals surface area contributed by atoms with Crippen molar-refractivity contribution in [2.45, 2.75) is 11.6 Å². The first-order valence-electron chi connectivity index (χ1n) is 10.0. The van der Waals surface area contributed by atoms with Crippen LogP contribution in [-0.4, -0.2) is 28.4 Å². The third-order valence-corrected chi connectivity index (χ3v) is 5.71. The molecular formula is C24H19N3O4S. The molecule has 5 rings (SSSR count). The molecule has 0 saturated heterocycles. The highest BCUT2D eigenvalue weighted by Gasteiger charge is 2.15. The molecule has 1 aliphatic rings. The number of nitrogens with one attached hydrogen (secondary N) is 1. The number of thioether (sulfide) groups is 1. The molecular weight excluding hydrogens is 426 g/mol. The average molecular weight is 446 g/mol. The Morgan fingerprint density at radius 3 is 2.69 bits per heavy atom. The molecule has 1 aliphatic heterocycles. The van der Waals surface area contributed by atoms with Gasteiger partial charge in [0.15, 0.2) is 17.3 Å². The quantitative estimate of drug-likeness (QED) is 0.327. The van der Waals surface area contributed by atoms with Crippen molar-refractivity contribution in [2.24, 2.45) is 0 Å². The van der Waals surface area contributed by atoms with Crippen LogP contribution >= 0.6 is 11.8 Å². The molecule has 1 aromatic heterocycles. The summed E-state index contributed by atoms with van der Waals surface area (Å²) in [5.74, 6) is 2.68. The van der Waals surface area contributed by atoms with Crippen molar-refractivity contribution in [3.8, 4) is 17.2 Å². The highest BCUT2D eigenvalue weighted by atomic mass is 32.2. The first-order chi connectivity index (χ1) is 15.7. The third kappa shape index (κ3) is 4.60. The molecule has 0 spiro atoms. The summed E-state index contributed by atoms with van der Waals surface area (Å²) in [6.45, 7) is 0.436. The average Bonchev–Trinajstić information content (AvgIpc) is 3.30. The van der Waals surface area contributed by atoms with E-state index in [1.54, 1.807) is 18.2 Å². The van der Waals surface area contributed by atoms with Gasteiger partial charge in [0.25, 0.3) is 0 Å². The second-order valence-corrected chi connectivity index (χ2v) is 7.93. The molecule has 2 heterocycles. The van der Waals surface area contributed by atoms with Gasteiger partial charge in [-0.2, -0.15) is 0 Å². The van der Waals surface area contributed by atoms with Gasteiger partial charge in [0.1, 0.15) is 17.4 Å². The van der Waals surface area contributed by atoms with E-state index in [9.17, 15) is 4.79 Å². The Morgan fingerprint density at radius 1 is 0.969 bits per heavy atom. The predicted octanol–water partition coefficient (Wildman–Crippen LogP) is 4.67. The van der Waals surface area contributed by atoms with E-state index in [1.165, 1.54) is 11.8 Å². The van der Waals surface area contributed by atoms with E-state index in [-0.39, 0.29) is 25.1 Å². The fourth-order valence-electron chi connectivity index (χ4n) is 3.24. The Bertz CT molecular complexity index is 1270. The van der Waals surface area contributed by atoms with E-state index in [0.29, 0.717) is 23.0 Å². The van der Waals surface area contributed by atoms with Gasteiger partial charge in [-0.1, -0.05) is 48.2 Å². The molecule has 32 heavy (non-hydrogen) atoms. The van der Waals surface area contributed by atoms with Crippen LogP contribution in [0.5, 0.6) is 17.2 Å². The number of nitrogens with zero attached hydrogens (tertiary/aromatic N) is 2. The van der Waals surface area contributed by atoms with Crippen molar-refractivity contribution in [3.63, 3.8) is 0 Å². The van der Waals surface area contributed by atoms with Gasteiger partial charge in [-0.3, -0.25) is 4.79 Å². The number of hydrogen-bond acceptors (Lipinski definition) is 7. The van der Waals surface area contributed by atoms with E-state index >= 15 is 0 Å². The number of para-hydroxylation sites is 2. The maximum Gasteiger partial charge on any atom is 0.234 e. The van der Waals surface area contributed by atoms with Gasteiger partial charge in [-0.05, 0) is 30.3 Å². The fraction of sp³-hybridized carbons (Fsp3) is 0.125. The second-order valence-electron chi connectivity index (χ2n) is 6.97. The van der Waals surface area contributed by atoms with Crippen LogP contribution < -0.4 is 19.5 Å². The predicted molar refractivity (Wildman–Crippen MR) is 122 cm³/mol. The van der Waals surface area contributed by atoms with Crippen molar-refractivity contribution in [2.75, 3.05) is 17.9 Å². The van der Waals surface area contributed by atoms with Crippen LogP contribution in [0.2, 0.25) is 0 Å². The molecule has 0 bridgehead atoms. The zero-order valence-electron chi connectivity index (χ0n) is 17.0. The zero-order chi connectivity index (χ0) is 21.8. The summed E-state index contributed by atoms with van der Waals surface area (Å²) in [6.07, 6.45) is 0. The standard InChI is InChI=1S/C24H19N3O4S/c28-23(25-16-10-11-20-21(12-16)31-15-30-20)14-32-24-18-8-4-5-9-19(18)26-22(27-24)13-29-17-6-2-1-3-7-17/h1-12H,13-15H2,(H,25,28). The molecule has 0 radical (unpaired) electrons. The van der Waals surface area contributed by atoms with Crippen molar-refractivity contribution in [1.29, 1.82) is 0 Å². The lowest BCUT2D eigenvalue weighted by atomic mass is 10.2. The van der Waals surface area contributed by atoms with Crippen LogP contribution in [0.1, 0.15) is 5.82 Å². The number of carbonyl (C=O) groups is 1. The van der Waals surface area contributed by atoms with Gasteiger partial charge in [0.05, 0.1) is 11.3 Å². The SMILES string of the molecule is O=C(CSc1nc(COc2ccccc2)nc2ccccc12)Nc1ccc2c(c1)OCO2. The number of hydrogen-bond donors (Lipinski definition) is 1. The number of anilines is 1. The number of aromatic nitrogens is 2. The molecule has 4 aromatic rings. The van der Waals surface area contributed by atoms with Gasteiger partial charge in [-0.15, -0.1) is 0 Å². The number of fused-ring (bicyclic) bond motifs is 2. The topological polar surface area (TPSA) is 82.6 Å². The van der Waals surface area contributed by atoms with Crippen LogP contribution in [-0.2, 0) is 11.4 Å². The number of benzene rings is 3. The fourth-order valence-corrected chi connectivity index (χ4v) is 4.08. The lowest BCUT2D eigenvalue weighted by Gasteiger charge is -2.10. The van der Waals surface area contributed by atoms with E-state index in [1.807, 2.05) is 54.6 Å². The Hall–Kier alpha value is -3.78. The van der Waals surface area contributed by atoms with Crippen LogP contribution in [0.4, 0.5) is 5.69 Å². The molecule has 160 valence electrons. The smallest absolute Gasteiger partial charge is 0.234 e. The minimum atomic E-state index is -0.140. The van der Waals surface area contributed by atoms with Crippen molar-refractivity contribution in [3.05, 3.63) is 78.6 Å². The number of carbonyl (C=O) groups excluding carboxylic acids is 1. The Balaban J connectivity index is 1.28. The van der Waals surface area contributed by atoms with Gasteiger partial charge in [-0.25, -0.2) is 9.97 Å². The Morgan fingerprint density at radius 2 is 1.78 bits per heavy atom. The maximum absolute atomic E-state index is 12.5. The van der Waals surface area contributed by atoms with Crippen molar-refractivity contribution < 1.29 is 19.0 Å². The summed E-state index contributed by atoms with van der Waals surface area (Å²) in [5, 5.41) is 4.53. The first-order valence-corrected chi connectivity index (χ1v) is 11.0. The first kappa shape index (κ1) is 20.1. The molecule has 7 nitrogen and oxygen atoms in total. The molecule has 8 heteroatoms. The minimum absolute atomic E-state index is 0.140. The number of rotatable bonds is 7. The molecule has 0 fully saturated rings. The summed E-state index contributed by atoms with van der Waals surface area (Å²) < 4.78 is 16.5. The van der Waals surface area contributed by atoms with Crippen molar-refractivity contribution >= 4 is 34.3 Å². The number of ether oxygens (including phenoxy) is 3. The molecule has 0 atom stereocenters. The summed E-state index contributed by atoms with van der Waals surface area (Å²) in [7, 11) is 0. The summed E-state index contributed by atoms with van der Waals surface area (Å²) >= 11 is 1.36. The van der Waals surface area contributed by atoms with E-state index < -0.39 is 0 Å². The van der Waals surface area contributed by atoms with Crippen molar-refractivity contribution in [1.82, 2.24) is 9.97 Å². The second kappa shape index (κ2) is 9.15. The Kier molecular flexibility index (Phi) is 5.76. The zero-order valence-corrected chi connectivity index (χ0v) is 17.8. The van der Waals surface area contributed by atoms with E-state index in [4.69, 9.17) is 14.2 Å². The van der Waals surface area contributed by atoms with Gasteiger partial charge >= 0.3 is 0 Å². The molecule has 0 unspecified atom stereocenters. The Labute approximate surface area is 188 Å². The largest absolute Gasteiger partial charge is 0.486 e. The van der Waals surface area contributed by atoms with E-state index in [0.717, 1.165) is 21.7 Å². The normalized spacial score (nSPS) is 12.0. The molecule has 0 aliphatic carbocycles. The minimum Gasteiger partial charge on any atom is -0.486 e. The molecule has 1 amide bonds. The highest BCUT2D eigenvalue weighted by Crippen LogP contribution is 2.34. The number of amides is 1. The van der Waals surface area contributed by atoms with Gasteiger partial charge in [0, 0.05) is 17.1 Å². The maximum atomic E-state index is 12.5. The van der Waals surface area contributed by atoms with Crippen LogP contribution in [0, 0.1) is 0 Å². The highest BCUT2D eigenvalue weighted by molar-refractivity contribution is 8.00. The van der Waals surface area contributed by atoms with Gasteiger partial charge < -0.3 is 19.5 Å². The summed E-state index contributed by atoms with van der Waals surface area (Å²) in [4.78, 5) is 21.8. The lowest BCUT2D eigenvalue weighted by Crippen LogP contribution is -2.14. The molecule has 1 N–H and O–H groups in total. The van der Waals surface area contributed by atoms with Gasteiger partial charge in [0.2, 0.25) is 12.7 Å². The molecule has 3 aromatic carbocycles. The monoisotopic (exact) mass is 445 g/mol. The van der Waals surface area contributed by atoms with Crippen LogP contribution in [0.25, 0.3) is 10.9 Å².